The Labute approximate surface area is 107 Å². The first kappa shape index (κ1) is 12.0. The molecule has 0 atom stereocenters. The van der Waals surface area contributed by atoms with Crippen LogP contribution in [0.1, 0.15) is 16.1 Å². The van der Waals surface area contributed by atoms with Crippen LogP contribution in [0.15, 0.2) is 24.4 Å². The summed E-state index contributed by atoms with van der Waals surface area (Å²) in [6.07, 6.45) is 1.31. The molecule has 2 aromatic rings. The smallest absolute Gasteiger partial charge is 0.339 e. The molecule has 88 valence electrons. The van der Waals surface area contributed by atoms with Crippen LogP contribution in [0, 0.1) is 6.92 Å². The van der Waals surface area contributed by atoms with E-state index < -0.39 is 5.97 Å². The molecule has 6 heteroatoms. The summed E-state index contributed by atoms with van der Waals surface area (Å²) in [4.78, 5) is 10.9. The Bertz CT molecular complexity index is 593. The molecule has 1 aromatic heterocycles. The number of carboxylic acids is 1. The van der Waals surface area contributed by atoms with E-state index in [4.69, 9.17) is 28.3 Å². The van der Waals surface area contributed by atoms with Crippen LogP contribution in [0.25, 0.3) is 5.69 Å². The summed E-state index contributed by atoms with van der Waals surface area (Å²) in [7, 11) is 0. The van der Waals surface area contributed by atoms with Crippen molar-refractivity contribution in [1.82, 2.24) is 9.78 Å². The highest BCUT2D eigenvalue weighted by molar-refractivity contribution is 6.42. The zero-order valence-corrected chi connectivity index (χ0v) is 10.3. The number of carboxylic acid groups (broad SMARTS) is 1. The van der Waals surface area contributed by atoms with Gasteiger partial charge in [-0.25, -0.2) is 9.48 Å². The van der Waals surface area contributed by atoms with Crippen molar-refractivity contribution in [1.29, 1.82) is 0 Å². The summed E-state index contributed by atoms with van der Waals surface area (Å²) >= 11 is 11.7. The number of aromatic carboxylic acids is 1. The molecule has 1 heterocycles. The lowest BCUT2D eigenvalue weighted by molar-refractivity contribution is 0.0696. The van der Waals surface area contributed by atoms with Crippen molar-refractivity contribution in [3.8, 4) is 5.69 Å². The second-order valence-electron chi connectivity index (χ2n) is 3.46. The zero-order valence-electron chi connectivity index (χ0n) is 8.82. The van der Waals surface area contributed by atoms with Gasteiger partial charge in [0.2, 0.25) is 0 Å². The number of rotatable bonds is 2. The average Bonchev–Trinajstić information content (AvgIpc) is 2.64. The summed E-state index contributed by atoms with van der Waals surface area (Å²) in [5.74, 6) is -1.01. The summed E-state index contributed by atoms with van der Waals surface area (Å²) in [6.45, 7) is 1.68. The van der Waals surface area contributed by atoms with Crippen LogP contribution in [0.3, 0.4) is 0 Å². The van der Waals surface area contributed by atoms with E-state index in [2.05, 4.69) is 5.10 Å². The fourth-order valence-corrected chi connectivity index (χ4v) is 1.79. The van der Waals surface area contributed by atoms with E-state index in [1.807, 2.05) is 0 Å². The van der Waals surface area contributed by atoms with E-state index in [0.717, 1.165) is 0 Å². The number of halogens is 2. The van der Waals surface area contributed by atoms with Crippen molar-refractivity contribution in [2.24, 2.45) is 0 Å². The minimum Gasteiger partial charge on any atom is -0.478 e. The Kier molecular flexibility index (Phi) is 3.09. The third-order valence-corrected chi connectivity index (χ3v) is 3.13. The van der Waals surface area contributed by atoms with Crippen LogP contribution in [-0.4, -0.2) is 20.9 Å². The van der Waals surface area contributed by atoms with Gasteiger partial charge in [-0.05, 0) is 25.1 Å². The first-order valence-electron chi connectivity index (χ1n) is 4.74. The largest absolute Gasteiger partial charge is 0.478 e. The molecule has 0 aliphatic rings. The molecule has 0 bridgehead atoms. The molecule has 0 unspecified atom stereocenters. The van der Waals surface area contributed by atoms with Gasteiger partial charge >= 0.3 is 5.97 Å². The lowest BCUT2D eigenvalue weighted by Gasteiger charge is -2.05. The maximum Gasteiger partial charge on any atom is 0.339 e. The highest BCUT2D eigenvalue weighted by atomic mass is 35.5. The van der Waals surface area contributed by atoms with Gasteiger partial charge in [0.1, 0.15) is 5.56 Å². The highest BCUT2D eigenvalue weighted by Crippen LogP contribution is 2.25. The first-order valence-corrected chi connectivity index (χ1v) is 5.49. The average molecular weight is 271 g/mol. The van der Waals surface area contributed by atoms with Crippen LogP contribution in [0.4, 0.5) is 0 Å². The van der Waals surface area contributed by atoms with Crippen LogP contribution in [-0.2, 0) is 0 Å². The molecule has 17 heavy (non-hydrogen) atoms. The molecule has 2 rings (SSSR count). The van der Waals surface area contributed by atoms with Crippen molar-refractivity contribution in [2.75, 3.05) is 0 Å². The van der Waals surface area contributed by atoms with Crippen LogP contribution in [0.5, 0.6) is 0 Å². The molecular formula is C11H8Cl2N2O2. The summed E-state index contributed by atoms with van der Waals surface area (Å²) in [6, 6.07) is 5.00. The van der Waals surface area contributed by atoms with Gasteiger partial charge in [0.15, 0.2) is 0 Å². The van der Waals surface area contributed by atoms with E-state index in [9.17, 15) is 4.79 Å². The summed E-state index contributed by atoms with van der Waals surface area (Å²) in [5.41, 5.74) is 1.37. The van der Waals surface area contributed by atoms with Crippen molar-refractivity contribution < 1.29 is 9.90 Å². The van der Waals surface area contributed by atoms with Crippen molar-refractivity contribution in [2.45, 2.75) is 6.92 Å². The molecule has 0 aliphatic heterocycles. The van der Waals surface area contributed by atoms with Gasteiger partial charge in [-0.2, -0.15) is 5.10 Å². The van der Waals surface area contributed by atoms with E-state index in [1.165, 1.54) is 10.9 Å². The molecule has 0 amide bonds. The molecule has 4 nitrogen and oxygen atoms in total. The third kappa shape index (κ3) is 2.14. The monoisotopic (exact) mass is 270 g/mol. The third-order valence-electron chi connectivity index (χ3n) is 2.39. The van der Waals surface area contributed by atoms with Crippen LogP contribution >= 0.6 is 23.2 Å². The number of hydrogen-bond acceptors (Lipinski definition) is 2. The summed E-state index contributed by atoms with van der Waals surface area (Å²) in [5, 5.41) is 13.8. The Morgan fingerprint density at radius 3 is 2.59 bits per heavy atom. The summed E-state index contributed by atoms with van der Waals surface area (Å²) < 4.78 is 1.51. The second-order valence-corrected chi connectivity index (χ2v) is 4.27. The Balaban J connectivity index is 2.53. The zero-order chi connectivity index (χ0) is 12.6. The van der Waals surface area contributed by atoms with E-state index in [-0.39, 0.29) is 5.56 Å². The van der Waals surface area contributed by atoms with Crippen LogP contribution < -0.4 is 0 Å². The van der Waals surface area contributed by atoms with Gasteiger partial charge in [-0.3, -0.25) is 0 Å². The quantitative estimate of drug-likeness (QED) is 0.912. The highest BCUT2D eigenvalue weighted by Gasteiger charge is 2.14. The number of benzene rings is 1. The standard InChI is InChI=1S/C11H8Cl2N2O2/c1-6-8(11(16)17)5-14-15(6)7-2-3-9(12)10(13)4-7/h2-5H,1H3,(H,16,17). The Morgan fingerprint density at radius 1 is 1.35 bits per heavy atom. The van der Waals surface area contributed by atoms with Crippen molar-refractivity contribution in [3.05, 3.63) is 45.7 Å². The van der Waals surface area contributed by atoms with Gasteiger partial charge in [-0.15, -0.1) is 0 Å². The van der Waals surface area contributed by atoms with Gasteiger partial charge in [0.25, 0.3) is 0 Å². The van der Waals surface area contributed by atoms with E-state index in [0.29, 0.717) is 21.4 Å². The SMILES string of the molecule is Cc1c(C(=O)O)cnn1-c1ccc(Cl)c(Cl)c1. The van der Waals surface area contributed by atoms with Crippen molar-refractivity contribution in [3.63, 3.8) is 0 Å². The van der Waals surface area contributed by atoms with Crippen molar-refractivity contribution >= 4 is 29.2 Å². The van der Waals surface area contributed by atoms with E-state index in [1.54, 1.807) is 25.1 Å². The molecule has 0 aliphatic carbocycles. The first-order chi connectivity index (χ1) is 8.00. The van der Waals surface area contributed by atoms with Gasteiger partial charge in [-0.1, -0.05) is 23.2 Å². The fraction of sp³-hybridized carbons (Fsp3) is 0.0909. The lowest BCUT2D eigenvalue weighted by atomic mass is 10.2. The fourth-order valence-electron chi connectivity index (χ4n) is 1.50. The Hall–Kier alpha value is -1.52. The normalized spacial score (nSPS) is 10.5. The lowest BCUT2D eigenvalue weighted by Crippen LogP contribution is -2.02. The molecule has 0 spiro atoms. The molecule has 0 saturated heterocycles. The van der Waals surface area contributed by atoms with Gasteiger partial charge in [0, 0.05) is 0 Å². The molecule has 0 fully saturated rings. The predicted octanol–water partition coefficient (Wildman–Crippen LogP) is 3.19. The predicted molar refractivity (Wildman–Crippen MR) is 65.3 cm³/mol. The van der Waals surface area contributed by atoms with Gasteiger partial charge < -0.3 is 5.11 Å². The molecular weight excluding hydrogens is 263 g/mol. The minimum atomic E-state index is -1.01. The Morgan fingerprint density at radius 2 is 2.06 bits per heavy atom. The molecule has 0 saturated carbocycles. The molecule has 0 radical (unpaired) electrons. The number of hydrogen-bond donors (Lipinski definition) is 1. The maximum absolute atomic E-state index is 10.9. The van der Waals surface area contributed by atoms with Gasteiger partial charge in [0.05, 0.1) is 27.6 Å². The second kappa shape index (κ2) is 4.39. The molecule has 1 N–H and O–H groups in total. The number of aromatic nitrogens is 2. The van der Waals surface area contributed by atoms with E-state index >= 15 is 0 Å². The maximum atomic E-state index is 10.9. The topological polar surface area (TPSA) is 55.1 Å². The number of carbonyl (C=O) groups is 1. The van der Waals surface area contributed by atoms with Crippen LogP contribution in [0.2, 0.25) is 10.0 Å². The number of nitrogens with zero attached hydrogens (tertiary/aromatic N) is 2. The molecule has 1 aromatic carbocycles. The minimum absolute atomic E-state index is 0.163.